The molecule has 0 aliphatic rings. The molecule has 4 heteroatoms. The Kier molecular flexibility index (Phi) is 4.72. The van der Waals surface area contributed by atoms with E-state index in [9.17, 15) is 9.59 Å². The molecular weight excluding hydrogens is 266 g/mol. The minimum atomic E-state index is -0.419. The van der Waals surface area contributed by atoms with E-state index in [0.29, 0.717) is 17.0 Å². The van der Waals surface area contributed by atoms with Crippen molar-refractivity contribution >= 4 is 17.6 Å². The third-order valence-corrected chi connectivity index (χ3v) is 2.96. The summed E-state index contributed by atoms with van der Waals surface area (Å²) in [4.78, 5) is 23.0. The SMILES string of the molecule is CCc1ccc(C(=O)Oc2cccc(NC(C)=O)c2)cc1. The number of hydrogen-bond donors (Lipinski definition) is 1. The molecule has 0 saturated heterocycles. The van der Waals surface area contributed by atoms with Crippen LogP contribution in [0.25, 0.3) is 0 Å². The van der Waals surface area contributed by atoms with E-state index in [4.69, 9.17) is 4.74 Å². The normalized spacial score (nSPS) is 10.0. The lowest BCUT2D eigenvalue weighted by molar-refractivity contribution is -0.114. The van der Waals surface area contributed by atoms with E-state index in [1.54, 1.807) is 36.4 Å². The Hall–Kier alpha value is -2.62. The minimum Gasteiger partial charge on any atom is -0.423 e. The number of aryl methyl sites for hydroxylation is 1. The number of carbonyl (C=O) groups excluding carboxylic acids is 2. The van der Waals surface area contributed by atoms with Gasteiger partial charge in [0, 0.05) is 18.7 Å². The van der Waals surface area contributed by atoms with Crippen LogP contribution in [0.4, 0.5) is 5.69 Å². The number of anilines is 1. The first-order valence-electron chi connectivity index (χ1n) is 6.77. The van der Waals surface area contributed by atoms with Gasteiger partial charge in [-0.25, -0.2) is 4.79 Å². The molecule has 0 spiro atoms. The highest BCUT2D eigenvalue weighted by Crippen LogP contribution is 2.19. The third-order valence-electron chi connectivity index (χ3n) is 2.96. The fraction of sp³-hybridized carbons (Fsp3) is 0.176. The lowest BCUT2D eigenvalue weighted by Crippen LogP contribution is -2.09. The van der Waals surface area contributed by atoms with Crippen molar-refractivity contribution in [2.24, 2.45) is 0 Å². The van der Waals surface area contributed by atoms with Crippen LogP contribution in [-0.2, 0) is 11.2 Å². The van der Waals surface area contributed by atoms with Gasteiger partial charge in [-0.3, -0.25) is 4.79 Å². The third kappa shape index (κ3) is 4.18. The molecule has 4 nitrogen and oxygen atoms in total. The lowest BCUT2D eigenvalue weighted by atomic mass is 10.1. The van der Waals surface area contributed by atoms with Crippen LogP contribution < -0.4 is 10.1 Å². The Morgan fingerprint density at radius 2 is 1.81 bits per heavy atom. The van der Waals surface area contributed by atoms with Crippen molar-refractivity contribution in [3.8, 4) is 5.75 Å². The second kappa shape index (κ2) is 6.70. The molecule has 2 rings (SSSR count). The van der Waals surface area contributed by atoms with Gasteiger partial charge < -0.3 is 10.1 Å². The Labute approximate surface area is 123 Å². The molecule has 1 amide bonds. The van der Waals surface area contributed by atoms with Gasteiger partial charge in [-0.15, -0.1) is 0 Å². The quantitative estimate of drug-likeness (QED) is 0.691. The number of amides is 1. The smallest absolute Gasteiger partial charge is 0.343 e. The molecule has 0 fully saturated rings. The molecule has 0 unspecified atom stereocenters. The highest BCUT2D eigenvalue weighted by atomic mass is 16.5. The van der Waals surface area contributed by atoms with Gasteiger partial charge in [0.05, 0.1) is 5.56 Å². The number of carbonyl (C=O) groups is 2. The van der Waals surface area contributed by atoms with Crippen molar-refractivity contribution in [3.05, 3.63) is 59.7 Å². The average Bonchev–Trinajstić information content (AvgIpc) is 2.47. The van der Waals surface area contributed by atoms with Crippen LogP contribution in [0.3, 0.4) is 0 Å². The van der Waals surface area contributed by atoms with E-state index in [0.717, 1.165) is 6.42 Å². The zero-order valence-corrected chi connectivity index (χ0v) is 12.1. The maximum atomic E-state index is 12.0. The zero-order valence-electron chi connectivity index (χ0n) is 12.1. The van der Waals surface area contributed by atoms with E-state index in [1.807, 2.05) is 12.1 Å². The van der Waals surface area contributed by atoms with Crippen molar-refractivity contribution < 1.29 is 14.3 Å². The number of rotatable bonds is 4. The van der Waals surface area contributed by atoms with Crippen LogP contribution in [0.1, 0.15) is 29.8 Å². The van der Waals surface area contributed by atoms with Crippen LogP contribution in [0.5, 0.6) is 5.75 Å². The van der Waals surface area contributed by atoms with E-state index >= 15 is 0 Å². The topological polar surface area (TPSA) is 55.4 Å². The summed E-state index contributed by atoms with van der Waals surface area (Å²) in [5, 5.41) is 2.64. The molecule has 2 aromatic carbocycles. The minimum absolute atomic E-state index is 0.173. The monoisotopic (exact) mass is 283 g/mol. The van der Waals surface area contributed by atoms with Gasteiger partial charge in [0.1, 0.15) is 5.75 Å². The van der Waals surface area contributed by atoms with Crippen molar-refractivity contribution in [3.63, 3.8) is 0 Å². The van der Waals surface area contributed by atoms with E-state index in [1.165, 1.54) is 12.5 Å². The number of esters is 1. The molecule has 2 aromatic rings. The summed E-state index contributed by atoms with van der Waals surface area (Å²) in [5.74, 6) is -0.197. The van der Waals surface area contributed by atoms with Crippen molar-refractivity contribution in [2.45, 2.75) is 20.3 Å². The van der Waals surface area contributed by atoms with Crippen LogP contribution in [0, 0.1) is 0 Å². The number of nitrogens with one attached hydrogen (secondary N) is 1. The first-order chi connectivity index (χ1) is 10.1. The van der Waals surface area contributed by atoms with Gasteiger partial charge in [0.15, 0.2) is 0 Å². The Morgan fingerprint density at radius 3 is 2.43 bits per heavy atom. The summed E-state index contributed by atoms with van der Waals surface area (Å²) in [6.45, 7) is 3.48. The van der Waals surface area contributed by atoms with Crippen LogP contribution in [0.2, 0.25) is 0 Å². The summed E-state index contributed by atoms with van der Waals surface area (Å²) in [5.41, 5.74) is 2.26. The summed E-state index contributed by atoms with van der Waals surface area (Å²) in [6.07, 6.45) is 0.925. The second-order valence-corrected chi connectivity index (χ2v) is 4.65. The summed E-state index contributed by atoms with van der Waals surface area (Å²) in [6, 6.07) is 14.0. The Morgan fingerprint density at radius 1 is 1.10 bits per heavy atom. The van der Waals surface area contributed by atoms with Gasteiger partial charge >= 0.3 is 5.97 Å². The highest BCUT2D eigenvalue weighted by Gasteiger charge is 2.09. The van der Waals surface area contributed by atoms with Crippen LogP contribution in [-0.4, -0.2) is 11.9 Å². The molecule has 0 aromatic heterocycles. The molecule has 108 valence electrons. The van der Waals surface area contributed by atoms with Crippen molar-refractivity contribution in [1.82, 2.24) is 0 Å². The lowest BCUT2D eigenvalue weighted by Gasteiger charge is -2.07. The largest absolute Gasteiger partial charge is 0.423 e. The first-order valence-corrected chi connectivity index (χ1v) is 6.77. The predicted molar refractivity (Wildman–Crippen MR) is 81.5 cm³/mol. The van der Waals surface area contributed by atoms with Crippen LogP contribution >= 0.6 is 0 Å². The number of hydrogen-bond acceptors (Lipinski definition) is 3. The second-order valence-electron chi connectivity index (χ2n) is 4.65. The number of ether oxygens (including phenoxy) is 1. The average molecular weight is 283 g/mol. The molecule has 0 bridgehead atoms. The predicted octanol–water partition coefficient (Wildman–Crippen LogP) is 3.43. The summed E-state index contributed by atoms with van der Waals surface area (Å²) >= 11 is 0. The molecule has 1 N–H and O–H groups in total. The Bertz CT molecular complexity index is 647. The van der Waals surface area contributed by atoms with Gasteiger partial charge in [0.2, 0.25) is 5.91 Å². The molecule has 0 aliphatic carbocycles. The fourth-order valence-electron chi connectivity index (χ4n) is 1.88. The summed E-state index contributed by atoms with van der Waals surface area (Å²) < 4.78 is 5.31. The first kappa shape index (κ1) is 14.8. The molecule has 0 aliphatic heterocycles. The van der Waals surface area contributed by atoms with Gasteiger partial charge in [0.25, 0.3) is 0 Å². The van der Waals surface area contributed by atoms with Crippen molar-refractivity contribution in [2.75, 3.05) is 5.32 Å². The molecule has 21 heavy (non-hydrogen) atoms. The standard InChI is InChI=1S/C17H17NO3/c1-3-13-7-9-14(10-8-13)17(20)21-16-6-4-5-15(11-16)18-12(2)19/h4-11H,3H2,1-2H3,(H,18,19). The van der Waals surface area contributed by atoms with Gasteiger partial charge in [-0.2, -0.15) is 0 Å². The molecule has 0 radical (unpaired) electrons. The molecule has 0 atom stereocenters. The van der Waals surface area contributed by atoms with Gasteiger partial charge in [-0.05, 0) is 36.2 Å². The molecule has 0 heterocycles. The van der Waals surface area contributed by atoms with Crippen molar-refractivity contribution in [1.29, 1.82) is 0 Å². The highest BCUT2D eigenvalue weighted by molar-refractivity contribution is 5.92. The van der Waals surface area contributed by atoms with Crippen LogP contribution in [0.15, 0.2) is 48.5 Å². The molecular formula is C17H17NO3. The Balaban J connectivity index is 2.09. The van der Waals surface area contributed by atoms with E-state index in [-0.39, 0.29) is 5.91 Å². The molecule has 0 saturated carbocycles. The van der Waals surface area contributed by atoms with E-state index in [2.05, 4.69) is 12.2 Å². The fourth-order valence-corrected chi connectivity index (χ4v) is 1.88. The number of benzene rings is 2. The van der Waals surface area contributed by atoms with Gasteiger partial charge in [-0.1, -0.05) is 25.1 Å². The zero-order chi connectivity index (χ0) is 15.2. The van der Waals surface area contributed by atoms with E-state index < -0.39 is 5.97 Å². The maximum Gasteiger partial charge on any atom is 0.343 e. The summed E-state index contributed by atoms with van der Waals surface area (Å²) in [7, 11) is 0. The maximum absolute atomic E-state index is 12.0.